The van der Waals surface area contributed by atoms with Crippen LogP contribution in [0.5, 0.6) is 0 Å². The third-order valence-electron chi connectivity index (χ3n) is 2.28. The van der Waals surface area contributed by atoms with Crippen LogP contribution in [0.2, 0.25) is 0 Å². The van der Waals surface area contributed by atoms with Gasteiger partial charge in [-0.15, -0.1) is 0 Å². The van der Waals surface area contributed by atoms with Crippen LogP contribution in [0.15, 0.2) is 34.8 Å². The quantitative estimate of drug-likeness (QED) is 0.925. The predicted molar refractivity (Wildman–Crippen MR) is 70.3 cm³/mol. The van der Waals surface area contributed by atoms with E-state index < -0.39 is 0 Å². The van der Waals surface area contributed by atoms with Crippen molar-refractivity contribution in [1.82, 2.24) is 9.78 Å². The van der Waals surface area contributed by atoms with Gasteiger partial charge in [0.15, 0.2) is 5.82 Å². The zero-order valence-corrected chi connectivity index (χ0v) is 11.2. The molecule has 0 saturated heterocycles. The van der Waals surface area contributed by atoms with Gasteiger partial charge in [0, 0.05) is 6.92 Å². The zero-order valence-electron chi connectivity index (χ0n) is 9.57. The first-order valence-corrected chi connectivity index (χ1v) is 5.97. The first-order chi connectivity index (χ1) is 8.09. The maximum Gasteiger partial charge on any atom is 0.222 e. The smallest absolute Gasteiger partial charge is 0.222 e. The second-order valence-corrected chi connectivity index (χ2v) is 4.47. The number of halogens is 1. The molecule has 0 aliphatic carbocycles. The van der Waals surface area contributed by atoms with Gasteiger partial charge in [-0.25, -0.2) is 4.68 Å². The van der Waals surface area contributed by atoms with Crippen LogP contribution in [0.3, 0.4) is 0 Å². The van der Waals surface area contributed by atoms with Crippen molar-refractivity contribution in [1.29, 1.82) is 0 Å². The number of benzene rings is 1. The van der Waals surface area contributed by atoms with Gasteiger partial charge in [-0.2, -0.15) is 5.10 Å². The Morgan fingerprint density at radius 3 is 2.59 bits per heavy atom. The summed E-state index contributed by atoms with van der Waals surface area (Å²) in [6, 6.07) is 9.66. The highest BCUT2D eigenvalue weighted by atomic mass is 79.9. The van der Waals surface area contributed by atoms with Crippen LogP contribution in [0.1, 0.15) is 12.6 Å². The van der Waals surface area contributed by atoms with E-state index in [1.807, 2.05) is 37.3 Å². The fourth-order valence-corrected chi connectivity index (χ4v) is 1.89. The second-order valence-electron chi connectivity index (χ2n) is 3.68. The summed E-state index contributed by atoms with van der Waals surface area (Å²) in [4.78, 5) is 11.2. The Bertz CT molecular complexity index is 548. The molecule has 5 heteroatoms. The van der Waals surface area contributed by atoms with Crippen molar-refractivity contribution < 1.29 is 4.79 Å². The van der Waals surface area contributed by atoms with Crippen LogP contribution in [0.25, 0.3) is 5.69 Å². The molecule has 1 amide bonds. The number of nitrogens with one attached hydrogen (secondary N) is 1. The Kier molecular flexibility index (Phi) is 3.28. The fourth-order valence-electron chi connectivity index (χ4n) is 1.54. The first kappa shape index (κ1) is 11.9. The van der Waals surface area contributed by atoms with Gasteiger partial charge >= 0.3 is 0 Å². The standard InChI is InChI=1S/C12H12BrN3O/c1-8-11(13)12(14-9(2)17)16(15-8)10-6-4-3-5-7-10/h3-7H,1-2H3,(H,14,17). The molecule has 0 spiro atoms. The molecule has 0 saturated carbocycles. The summed E-state index contributed by atoms with van der Waals surface area (Å²) in [6.07, 6.45) is 0. The van der Waals surface area contributed by atoms with Gasteiger partial charge in [-0.1, -0.05) is 18.2 Å². The molecule has 1 aromatic heterocycles. The molecule has 4 nitrogen and oxygen atoms in total. The minimum Gasteiger partial charge on any atom is -0.310 e. The van der Waals surface area contributed by atoms with Crippen LogP contribution in [0, 0.1) is 6.92 Å². The molecular formula is C12H12BrN3O. The lowest BCUT2D eigenvalue weighted by Gasteiger charge is -2.07. The molecule has 2 rings (SSSR count). The third kappa shape index (κ3) is 2.39. The molecule has 0 unspecified atom stereocenters. The number of carbonyl (C=O) groups excluding carboxylic acids is 1. The number of hydrogen-bond acceptors (Lipinski definition) is 2. The zero-order chi connectivity index (χ0) is 12.4. The lowest BCUT2D eigenvalue weighted by molar-refractivity contribution is -0.114. The number of rotatable bonds is 2. The van der Waals surface area contributed by atoms with E-state index in [1.54, 1.807) is 4.68 Å². The summed E-state index contributed by atoms with van der Waals surface area (Å²) in [5.74, 6) is 0.531. The molecule has 1 aromatic carbocycles. The third-order valence-corrected chi connectivity index (χ3v) is 3.23. The summed E-state index contributed by atoms with van der Waals surface area (Å²) in [5.41, 5.74) is 1.74. The summed E-state index contributed by atoms with van der Waals surface area (Å²) in [5, 5.41) is 7.16. The minimum absolute atomic E-state index is 0.122. The summed E-state index contributed by atoms with van der Waals surface area (Å²) >= 11 is 3.43. The van der Waals surface area contributed by atoms with E-state index in [9.17, 15) is 4.79 Å². The molecule has 1 N–H and O–H groups in total. The van der Waals surface area contributed by atoms with Gasteiger partial charge in [-0.05, 0) is 35.0 Å². The molecule has 0 bridgehead atoms. The summed E-state index contributed by atoms with van der Waals surface area (Å²) in [6.45, 7) is 3.36. The molecule has 0 fully saturated rings. The van der Waals surface area contributed by atoms with E-state index >= 15 is 0 Å². The van der Waals surface area contributed by atoms with Gasteiger partial charge in [0.05, 0.1) is 15.9 Å². The van der Waals surface area contributed by atoms with Gasteiger partial charge in [-0.3, -0.25) is 4.79 Å². The topological polar surface area (TPSA) is 46.9 Å². The predicted octanol–water partition coefficient (Wildman–Crippen LogP) is 2.90. The molecule has 0 aliphatic rings. The van der Waals surface area contributed by atoms with Gasteiger partial charge < -0.3 is 5.32 Å². The maximum atomic E-state index is 11.2. The van der Waals surface area contributed by atoms with Crippen molar-refractivity contribution in [3.05, 3.63) is 40.5 Å². The van der Waals surface area contributed by atoms with Gasteiger partial charge in [0.25, 0.3) is 0 Å². The van der Waals surface area contributed by atoms with Gasteiger partial charge in [0.2, 0.25) is 5.91 Å². The minimum atomic E-state index is -0.122. The number of carbonyl (C=O) groups is 1. The molecule has 17 heavy (non-hydrogen) atoms. The van der Waals surface area contributed by atoms with Crippen LogP contribution in [0.4, 0.5) is 5.82 Å². The maximum absolute atomic E-state index is 11.2. The number of nitrogens with zero attached hydrogens (tertiary/aromatic N) is 2. The Labute approximate surface area is 108 Å². The average molecular weight is 294 g/mol. The van der Waals surface area contributed by atoms with E-state index in [-0.39, 0.29) is 5.91 Å². The number of anilines is 1. The highest BCUT2D eigenvalue weighted by Crippen LogP contribution is 2.28. The molecule has 2 aromatic rings. The van der Waals surface area contributed by atoms with Crippen molar-refractivity contribution in [3.63, 3.8) is 0 Å². The van der Waals surface area contributed by atoms with Crippen LogP contribution in [-0.2, 0) is 4.79 Å². The molecular weight excluding hydrogens is 282 g/mol. The summed E-state index contributed by atoms with van der Waals surface area (Å²) < 4.78 is 2.51. The molecule has 88 valence electrons. The lowest BCUT2D eigenvalue weighted by Crippen LogP contribution is -2.11. The Morgan fingerprint density at radius 2 is 2.00 bits per heavy atom. The SMILES string of the molecule is CC(=O)Nc1c(Br)c(C)nn1-c1ccccc1. The summed E-state index contributed by atoms with van der Waals surface area (Å²) in [7, 11) is 0. The van der Waals surface area contributed by atoms with Crippen LogP contribution in [-0.4, -0.2) is 15.7 Å². The van der Waals surface area contributed by atoms with E-state index in [0.29, 0.717) is 5.82 Å². The van der Waals surface area contributed by atoms with Gasteiger partial charge in [0.1, 0.15) is 0 Å². The number of hydrogen-bond donors (Lipinski definition) is 1. The van der Waals surface area contributed by atoms with Crippen LogP contribution < -0.4 is 5.32 Å². The van der Waals surface area contributed by atoms with Crippen molar-refractivity contribution in [3.8, 4) is 5.69 Å². The van der Waals surface area contributed by atoms with Crippen LogP contribution >= 0.6 is 15.9 Å². The number of aryl methyl sites for hydroxylation is 1. The Morgan fingerprint density at radius 1 is 1.35 bits per heavy atom. The number of aromatic nitrogens is 2. The van der Waals surface area contributed by atoms with E-state index in [0.717, 1.165) is 15.9 Å². The molecule has 1 heterocycles. The lowest BCUT2D eigenvalue weighted by atomic mass is 10.3. The average Bonchev–Trinajstić information content (AvgIpc) is 2.58. The number of para-hydroxylation sites is 1. The first-order valence-electron chi connectivity index (χ1n) is 5.17. The highest BCUT2D eigenvalue weighted by Gasteiger charge is 2.14. The van der Waals surface area contributed by atoms with Crippen molar-refractivity contribution >= 4 is 27.7 Å². The normalized spacial score (nSPS) is 10.3. The monoisotopic (exact) mass is 293 g/mol. The highest BCUT2D eigenvalue weighted by molar-refractivity contribution is 9.10. The molecule has 0 aliphatic heterocycles. The Hall–Kier alpha value is -1.62. The Balaban J connectivity index is 2.54. The van der Waals surface area contributed by atoms with Crippen molar-refractivity contribution in [2.24, 2.45) is 0 Å². The van der Waals surface area contributed by atoms with Crippen molar-refractivity contribution in [2.45, 2.75) is 13.8 Å². The van der Waals surface area contributed by atoms with E-state index in [4.69, 9.17) is 0 Å². The number of amides is 1. The van der Waals surface area contributed by atoms with E-state index in [2.05, 4.69) is 26.3 Å². The largest absolute Gasteiger partial charge is 0.310 e. The van der Waals surface area contributed by atoms with E-state index in [1.165, 1.54) is 6.92 Å². The molecule has 0 atom stereocenters. The molecule has 0 radical (unpaired) electrons. The van der Waals surface area contributed by atoms with Crippen molar-refractivity contribution in [2.75, 3.05) is 5.32 Å². The fraction of sp³-hybridized carbons (Fsp3) is 0.167. The second kappa shape index (κ2) is 4.71.